The number of benzene rings is 1. The quantitative estimate of drug-likeness (QED) is 0.483. The van der Waals surface area contributed by atoms with Crippen LogP contribution in [0, 0.1) is 5.92 Å². The predicted octanol–water partition coefficient (Wildman–Crippen LogP) is 3.10. The van der Waals surface area contributed by atoms with Crippen LogP contribution in [0.3, 0.4) is 0 Å². The van der Waals surface area contributed by atoms with E-state index in [2.05, 4.69) is 64.9 Å². The number of nitrogens with one attached hydrogen (secondary N) is 1. The highest BCUT2D eigenvalue weighted by atomic mass is 16.1. The van der Waals surface area contributed by atoms with Gasteiger partial charge < -0.3 is 19.7 Å². The number of amides is 1. The van der Waals surface area contributed by atoms with Gasteiger partial charge in [-0.25, -0.2) is 15.0 Å². The lowest BCUT2D eigenvalue weighted by Gasteiger charge is -2.36. The van der Waals surface area contributed by atoms with Crippen LogP contribution in [0.1, 0.15) is 44.3 Å². The molecule has 1 amide bonds. The molecule has 9 nitrogen and oxygen atoms in total. The zero-order valence-electron chi connectivity index (χ0n) is 22.4. The first-order valence-electron chi connectivity index (χ1n) is 14.5. The van der Waals surface area contributed by atoms with Crippen LogP contribution in [0.4, 0.5) is 11.5 Å². The van der Waals surface area contributed by atoms with Crippen LogP contribution in [-0.2, 0) is 17.8 Å². The lowest BCUT2D eigenvalue weighted by molar-refractivity contribution is -0.125. The van der Waals surface area contributed by atoms with Crippen molar-refractivity contribution in [1.29, 1.82) is 0 Å². The number of nitrogens with zero attached hydrogens (tertiary/aromatic N) is 7. The Balaban J connectivity index is 0.984. The van der Waals surface area contributed by atoms with Crippen LogP contribution in [0.2, 0.25) is 0 Å². The Kier molecular flexibility index (Phi) is 7.71. The number of fused-ring (bicyclic) bond motifs is 3. The third-order valence-corrected chi connectivity index (χ3v) is 8.41. The zero-order valence-corrected chi connectivity index (χ0v) is 22.4. The molecule has 6 rings (SSSR count). The van der Waals surface area contributed by atoms with Gasteiger partial charge in [-0.15, -0.1) is 0 Å². The standard InChI is InChI=1S/C29H40N8O/c38-29(30-13-8-14-34-17-19-35(20-18-34)24-10-3-1-4-11-24)23-9-7-15-36(21-23)27-26-28(32-22-31-27)37-16-6-2-5-12-25(37)33-26/h1,3-4,10-11,22-23H,2,5-9,12-21H2,(H,30,38)/t23-/m1/s1. The van der Waals surface area contributed by atoms with Crippen molar-refractivity contribution in [2.24, 2.45) is 5.92 Å². The molecular formula is C29H40N8O. The van der Waals surface area contributed by atoms with Crippen molar-refractivity contribution in [2.75, 3.05) is 62.2 Å². The molecule has 0 bridgehead atoms. The topological polar surface area (TPSA) is 82.4 Å². The maximum Gasteiger partial charge on any atom is 0.224 e. The monoisotopic (exact) mass is 516 g/mol. The molecule has 0 aliphatic carbocycles. The summed E-state index contributed by atoms with van der Waals surface area (Å²) in [5, 5.41) is 3.23. The van der Waals surface area contributed by atoms with Gasteiger partial charge in [0.1, 0.15) is 12.2 Å². The fourth-order valence-electron chi connectivity index (χ4n) is 6.27. The number of rotatable bonds is 7. The Bertz CT molecular complexity index is 1220. The predicted molar refractivity (Wildman–Crippen MR) is 151 cm³/mol. The van der Waals surface area contributed by atoms with Crippen molar-refractivity contribution in [2.45, 2.75) is 51.5 Å². The molecule has 3 aromatic rings. The van der Waals surface area contributed by atoms with Gasteiger partial charge in [0.2, 0.25) is 5.91 Å². The molecule has 3 aliphatic rings. The molecule has 202 valence electrons. The average Bonchev–Trinajstić information content (AvgIpc) is 3.16. The number of carbonyl (C=O) groups excluding carboxylic acids is 1. The first kappa shape index (κ1) is 25.1. The number of anilines is 2. The Hall–Kier alpha value is -3.20. The van der Waals surface area contributed by atoms with E-state index in [1.807, 2.05) is 0 Å². The summed E-state index contributed by atoms with van der Waals surface area (Å²) in [7, 11) is 0. The van der Waals surface area contributed by atoms with Crippen LogP contribution >= 0.6 is 0 Å². The highest BCUT2D eigenvalue weighted by Gasteiger charge is 2.29. The van der Waals surface area contributed by atoms with Gasteiger partial charge in [0.05, 0.1) is 5.92 Å². The zero-order chi connectivity index (χ0) is 25.7. The summed E-state index contributed by atoms with van der Waals surface area (Å²) in [6.45, 7) is 8.62. The molecule has 0 spiro atoms. The van der Waals surface area contributed by atoms with Gasteiger partial charge in [0.25, 0.3) is 0 Å². The van der Waals surface area contributed by atoms with Gasteiger partial charge >= 0.3 is 0 Å². The summed E-state index contributed by atoms with van der Waals surface area (Å²) in [4.78, 5) is 34.5. The largest absolute Gasteiger partial charge is 0.369 e. The Morgan fingerprint density at radius 2 is 1.79 bits per heavy atom. The Morgan fingerprint density at radius 3 is 2.66 bits per heavy atom. The van der Waals surface area contributed by atoms with Gasteiger partial charge in [-0.2, -0.15) is 0 Å². The van der Waals surface area contributed by atoms with E-state index in [0.29, 0.717) is 6.54 Å². The van der Waals surface area contributed by atoms with E-state index >= 15 is 0 Å². The number of aryl methyl sites for hydroxylation is 2. The summed E-state index contributed by atoms with van der Waals surface area (Å²) in [5.41, 5.74) is 3.16. The minimum atomic E-state index is -0.0105. The third kappa shape index (κ3) is 5.48. The number of hydrogen-bond donors (Lipinski definition) is 1. The summed E-state index contributed by atoms with van der Waals surface area (Å²) in [6, 6.07) is 10.7. The summed E-state index contributed by atoms with van der Waals surface area (Å²) in [5.74, 6) is 2.19. The fourth-order valence-corrected chi connectivity index (χ4v) is 6.27. The second-order valence-electron chi connectivity index (χ2n) is 11.0. The Labute approximate surface area is 225 Å². The molecule has 2 saturated heterocycles. The molecule has 0 unspecified atom stereocenters. The van der Waals surface area contributed by atoms with Crippen LogP contribution in [0.5, 0.6) is 0 Å². The normalized spacial score (nSPS) is 20.8. The average molecular weight is 517 g/mol. The molecule has 0 saturated carbocycles. The maximum absolute atomic E-state index is 13.1. The smallest absolute Gasteiger partial charge is 0.224 e. The molecule has 1 N–H and O–H groups in total. The molecule has 2 aromatic heterocycles. The second-order valence-corrected chi connectivity index (χ2v) is 11.0. The van der Waals surface area contributed by atoms with Crippen LogP contribution in [0.15, 0.2) is 36.7 Å². The number of para-hydroxylation sites is 1. The van der Waals surface area contributed by atoms with Crippen molar-refractivity contribution in [3.05, 3.63) is 42.5 Å². The number of aromatic nitrogens is 4. The van der Waals surface area contributed by atoms with Gasteiger partial charge in [0.15, 0.2) is 17.0 Å². The molecule has 9 heteroatoms. The van der Waals surface area contributed by atoms with Crippen LogP contribution in [0.25, 0.3) is 11.2 Å². The third-order valence-electron chi connectivity index (χ3n) is 8.41. The molecule has 1 aromatic carbocycles. The molecule has 0 radical (unpaired) electrons. The SMILES string of the molecule is O=C(NCCCN1CCN(c2ccccc2)CC1)[C@@H]1CCCN(c2ncnc3c2nc2n3CCCCC2)C1. The number of piperidine rings is 1. The van der Waals surface area contributed by atoms with Crippen molar-refractivity contribution in [1.82, 2.24) is 29.7 Å². The summed E-state index contributed by atoms with van der Waals surface area (Å²) < 4.78 is 2.28. The van der Waals surface area contributed by atoms with E-state index in [9.17, 15) is 4.79 Å². The van der Waals surface area contributed by atoms with Gasteiger partial charge in [-0.05, 0) is 50.8 Å². The van der Waals surface area contributed by atoms with Crippen LogP contribution < -0.4 is 15.1 Å². The fraction of sp³-hybridized carbons (Fsp3) is 0.586. The molecule has 3 aliphatic heterocycles. The Morgan fingerprint density at radius 1 is 0.921 bits per heavy atom. The van der Waals surface area contributed by atoms with E-state index in [-0.39, 0.29) is 11.8 Å². The number of carbonyl (C=O) groups is 1. The van der Waals surface area contributed by atoms with E-state index in [1.165, 1.54) is 24.9 Å². The minimum Gasteiger partial charge on any atom is -0.369 e. The van der Waals surface area contributed by atoms with Gasteiger partial charge in [0, 0.05) is 64.5 Å². The van der Waals surface area contributed by atoms with Crippen molar-refractivity contribution in [3.63, 3.8) is 0 Å². The molecule has 1 atom stereocenters. The minimum absolute atomic E-state index is 0.0105. The van der Waals surface area contributed by atoms with Gasteiger partial charge in [-0.3, -0.25) is 9.69 Å². The van der Waals surface area contributed by atoms with Crippen molar-refractivity contribution < 1.29 is 4.79 Å². The van der Waals surface area contributed by atoms with Gasteiger partial charge in [-0.1, -0.05) is 24.6 Å². The summed E-state index contributed by atoms with van der Waals surface area (Å²) in [6.07, 6.45) is 9.18. The number of imidazole rings is 1. The molecule has 5 heterocycles. The first-order valence-corrected chi connectivity index (χ1v) is 14.5. The van der Waals surface area contributed by atoms with E-state index in [4.69, 9.17) is 4.98 Å². The van der Waals surface area contributed by atoms with E-state index in [1.54, 1.807) is 6.33 Å². The molecule has 2 fully saturated rings. The maximum atomic E-state index is 13.1. The van der Waals surface area contributed by atoms with E-state index in [0.717, 1.165) is 101 Å². The van der Waals surface area contributed by atoms with Crippen LogP contribution in [-0.4, -0.2) is 82.7 Å². The molecular weight excluding hydrogens is 476 g/mol. The highest BCUT2D eigenvalue weighted by molar-refractivity contribution is 5.85. The van der Waals surface area contributed by atoms with Crippen molar-refractivity contribution >= 4 is 28.6 Å². The summed E-state index contributed by atoms with van der Waals surface area (Å²) >= 11 is 0. The van der Waals surface area contributed by atoms with E-state index < -0.39 is 0 Å². The first-order chi connectivity index (χ1) is 18.8. The van der Waals surface area contributed by atoms with Crippen molar-refractivity contribution in [3.8, 4) is 0 Å². The number of piperazine rings is 1. The highest BCUT2D eigenvalue weighted by Crippen LogP contribution is 2.29. The lowest BCUT2D eigenvalue weighted by Crippen LogP contribution is -2.47. The molecule has 38 heavy (non-hydrogen) atoms. The second kappa shape index (κ2) is 11.7. The lowest BCUT2D eigenvalue weighted by atomic mass is 9.97. The number of hydrogen-bond acceptors (Lipinski definition) is 7.